The molecule has 1 amide bonds. The van der Waals surface area contributed by atoms with Crippen LogP contribution in [0.4, 0.5) is 0 Å². The first kappa shape index (κ1) is 15.4. The van der Waals surface area contributed by atoms with Gasteiger partial charge in [0.2, 0.25) is 0 Å². The number of aromatic nitrogens is 1. The highest BCUT2D eigenvalue weighted by Crippen LogP contribution is 2.20. The van der Waals surface area contributed by atoms with Crippen LogP contribution in [-0.2, 0) is 11.3 Å². The first-order valence-corrected chi connectivity index (χ1v) is 7.81. The monoisotopic (exact) mass is 322 g/mol. The molecule has 0 radical (unpaired) electrons. The number of hydrogen-bond donors (Lipinski definition) is 1. The summed E-state index contributed by atoms with van der Waals surface area (Å²) in [5.41, 5.74) is 0.826. The number of carbonyl (C=O) groups excluding carboxylic acids is 1. The summed E-state index contributed by atoms with van der Waals surface area (Å²) in [5.74, 6) is -1.03. The maximum absolute atomic E-state index is 12.2. The van der Waals surface area contributed by atoms with Gasteiger partial charge in [0, 0.05) is 18.0 Å². The molecule has 2 rings (SSSR count). The molecule has 0 saturated carbocycles. The second kappa shape index (κ2) is 6.64. The summed E-state index contributed by atoms with van der Waals surface area (Å²) in [7, 11) is 1.74. The van der Waals surface area contributed by atoms with E-state index in [0.717, 1.165) is 21.5 Å². The van der Waals surface area contributed by atoms with Crippen LogP contribution in [0.2, 0.25) is 0 Å². The number of aliphatic carboxylic acids is 1. The van der Waals surface area contributed by atoms with Gasteiger partial charge in [0.15, 0.2) is 0 Å². The minimum absolute atomic E-state index is 0.0587. The lowest BCUT2D eigenvalue weighted by molar-refractivity contribution is -0.131. The maximum Gasteiger partial charge on any atom is 0.328 e. The van der Waals surface area contributed by atoms with Crippen molar-refractivity contribution in [2.75, 3.05) is 7.05 Å². The molecule has 1 N–H and O–H groups in total. The third-order valence-corrected chi connectivity index (χ3v) is 4.50. The Labute approximate surface area is 130 Å². The van der Waals surface area contributed by atoms with E-state index in [-0.39, 0.29) is 5.91 Å². The zero-order valence-electron chi connectivity index (χ0n) is 11.6. The second-order valence-corrected chi connectivity index (χ2v) is 6.65. The van der Waals surface area contributed by atoms with Gasteiger partial charge in [-0.05, 0) is 30.0 Å². The Morgan fingerprint density at radius 1 is 1.48 bits per heavy atom. The molecular formula is C14H14N2O3S2. The Kier molecular flexibility index (Phi) is 4.87. The van der Waals surface area contributed by atoms with Crippen molar-refractivity contribution < 1.29 is 14.7 Å². The molecule has 0 spiro atoms. The van der Waals surface area contributed by atoms with Crippen LogP contribution in [-0.4, -0.2) is 33.9 Å². The lowest BCUT2D eigenvalue weighted by Gasteiger charge is -2.14. The lowest BCUT2D eigenvalue weighted by atomic mass is 10.3. The van der Waals surface area contributed by atoms with Gasteiger partial charge in [-0.1, -0.05) is 0 Å². The Balaban J connectivity index is 2.01. The molecule has 7 heteroatoms. The van der Waals surface area contributed by atoms with Crippen LogP contribution in [0.5, 0.6) is 0 Å². The molecule has 0 aromatic carbocycles. The number of nitrogens with zero attached hydrogens (tertiary/aromatic N) is 2. The highest BCUT2D eigenvalue weighted by Gasteiger charge is 2.15. The number of carboxylic acids is 1. The normalized spacial score (nSPS) is 11.0. The van der Waals surface area contributed by atoms with Gasteiger partial charge in [0.1, 0.15) is 4.88 Å². The standard InChI is InChI=1S/C14H14N2O3S2/c1-9-15-6-12(21-9)14(19)16(2)7-11-5-10(8-20-11)3-4-13(17)18/h3-6,8H,7H2,1-2H3,(H,17,18)/b4-3+. The molecule has 110 valence electrons. The van der Waals surface area contributed by atoms with E-state index in [2.05, 4.69) is 4.98 Å². The Bertz CT molecular complexity index is 688. The maximum atomic E-state index is 12.2. The third kappa shape index (κ3) is 4.24. The van der Waals surface area contributed by atoms with E-state index >= 15 is 0 Å². The summed E-state index contributed by atoms with van der Waals surface area (Å²) in [6.07, 6.45) is 4.23. The number of amides is 1. The molecule has 2 heterocycles. The Hall–Kier alpha value is -1.99. The third-order valence-electron chi connectivity index (χ3n) is 2.66. The fraction of sp³-hybridized carbons (Fsp3) is 0.214. The van der Waals surface area contributed by atoms with Crippen LogP contribution in [0.25, 0.3) is 6.08 Å². The minimum atomic E-state index is -0.976. The topological polar surface area (TPSA) is 70.5 Å². The molecule has 0 aliphatic rings. The van der Waals surface area contributed by atoms with Crippen LogP contribution in [0, 0.1) is 6.92 Å². The average Bonchev–Trinajstić information content (AvgIpc) is 3.04. The van der Waals surface area contributed by atoms with Crippen molar-refractivity contribution in [2.45, 2.75) is 13.5 Å². The Morgan fingerprint density at radius 2 is 2.24 bits per heavy atom. The summed E-state index contributed by atoms with van der Waals surface area (Å²) in [4.78, 5) is 30.0. The fourth-order valence-electron chi connectivity index (χ4n) is 1.69. The van der Waals surface area contributed by atoms with Crippen molar-refractivity contribution in [3.05, 3.63) is 44.0 Å². The van der Waals surface area contributed by atoms with Crippen LogP contribution in [0.15, 0.2) is 23.7 Å². The number of thiophene rings is 1. The van der Waals surface area contributed by atoms with E-state index in [1.807, 2.05) is 18.4 Å². The predicted octanol–water partition coefficient (Wildman–Crippen LogP) is 2.88. The Morgan fingerprint density at radius 3 is 2.86 bits per heavy atom. The average molecular weight is 322 g/mol. The smallest absolute Gasteiger partial charge is 0.328 e. The highest BCUT2D eigenvalue weighted by molar-refractivity contribution is 7.13. The van der Waals surface area contributed by atoms with Gasteiger partial charge in [-0.15, -0.1) is 22.7 Å². The molecule has 21 heavy (non-hydrogen) atoms. The number of aryl methyl sites for hydroxylation is 1. The highest BCUT2D eigenvalue weighted by atomic mass is 32.1. The van der Waals surface area contributed by atoms with E-state index in [9.17, 15) is 9.59 Å². The van der Waals surface area contributed by atoms with E-state index in [1.54, 1.807) is 18.1 Å². The largest absolute Gasteiger partial charge is 0.478 e. The zero-order chi connectivity index (χ0) is 15.4. The van der Waals surface area contributed by atoms with Crippen LogP contribution in [0.3, 0.4) is 0 Å². The van der Waals surface area contributed by atoms with Crippen molar-refractivity contribution in [3.63, 3.8) is 0 Å². The molecule has 0 atom stereocenters. The van der Waals surface area contributed by atoms with Crippen molar-refractivity contribution in [1.82, 2.24) is 9.88 Å². The van der Waals surface area contributed by atoms with Crippen LogP contribution in [0.1, 0.15) is 25.1 Å². The zero-order valence-corrected chi connectivity index (χ0v) is 13.2. The molecule has 0 unspecified atom stereocenters. The fourth-order valence-corrected chi connectivity index (χ4v) is 3.37. The summed E-state index contributed by atoms with van der Waals surface area (Å²) in [6, 6.07) is 1.88. The SMILES string of the molecule is Cc1ncc(C(=O)N(C)Cc2cc(/C=C/C(=O)O)cs2)s1. The molecule has 0 fully saturated rings. The van der Waals surface area contributed by atoms with Gasteiger partial charge in [-0.25, -0.2) is 9.78 Å². The van der Waals surface area contributed by atoms with Gasteiger partial charge in [0.25, 0.3) is 5.91 Å². The molecular weight excluding hydrogens is 308 g/mol. The second-order valence-electron chi connectivity index (χ2n) is 4.42. The summed E-state index contributed by atoms with van der Waals surface area (Å²) in [5, 5.41) is 11.3. The first-order valence-electron chi connectivity index (χ1n) is 6.12. The van der Waals surface area contributed by atoms with Crippen molar-refractivity contribution in [3.8, 4) is 0 Å². The molecule has 0 saturated heterocycles. The van der Waals surface area contributed by atoms with Gasteiger partial charge < -0.3 is 10.0 Å². The van der Waals surface area contributed by atoms with Crippen LogP contribution < -0.4 is 0 Å². The number of hydrogen-bond acceptors (Lipinski definition) is 5. The van der Waals surface area contributed by atoms with Crippen molar-refractivity contribution in [1.29, 1.82) is 0 Å². The quantitative estimate of drug-likeness (QED) is 0.859. The van der Waals surface area contributed by atoms with E-state index in [1.165, 1.54) is 28.7 Å². The van der Waals surface area contributed by atoms with E-state index in [0.29, 0.717) is 11.4 Å². The van der Waals surface area contributed by atoms with Crippen LogP contribution >= 0.6 is 22.7 Å². The first-order chi connectivity index (χ1) is 9.95. The van der Waals surface area contributed by atoms with Gasteiger partial charge in [0.05, 0.1) is 17.7 Å². The minimum Gasteiger partial charge on any atom is -0.478 e. The van der Waals surface area contributed by atoms with E-state index < -0.39 is 5.97 Å². The predicted molar refractivity (Wildman–Crippen MR) is 83.6 cm³/mol. The molecule has 0 bridgehead atoms. The molecule has 2 aromatic rings. The van der Waals surface area contributed by atoms with Gasteiger partial charge >= 0.3 is 5.97 Å². The number of thiazole rings is 1. The summed E-state index contributed by atoms with van der Waals surface area (Å²) in [6.45, 7) is 2.35. The molecule has 0 aliphatic heterocycles. The lowest BCUT2D eigenvalue weighted by Crippen LogP contribution is -2.24. The summed E-state index contributed by atoms with van der Waals surface area (Å²) >= 11 is 2.87. The van der Waals surface area contributed by atoms with Gasteiger partial charge in [-0.2, -0.15) is 0 Å². The number of carbonyl (C=O) groups is 2. The molecule has 0 aliphatic carbocycles. The van der Waals surface area contributed by atoms with Crippen molar-refractivity contribution >= 4 is 40.6 Å². The summed E-state index contributed by atoms with van der Waals surface area (Å²) < 4.78 is 0. The van der Waals surface area contributed by atoms with Gasteiger partial charge in [-0.3, -0.25) is 4.79 Å². The number of carboxylic acid groups (broad SMARTS) is 1. The number of rotatable bonds is 5. The molecule has 2 aromatic heterocycles. The molecule has 5 nitrogen and oxygen atoms in total. The van der Waals surface area contributed by atoms with Crippen molar-refractivity contribution in [2.24, 2.45) is 0 Å². The van der Waals surface area contributed by atoms with E-state index in [4.69, 9.17) is 5.11 Å².